The van der Waals surface area contributed by atoms with Gasteiger partial charge in [0.1, 0.15) is 4.21 Å². The minimum atomic E-state index is -3.55. The number of hydrogen-bond donors (Lipinski definition) is 2. The van der Waals surface area contributed by atoms with Crippen molar-refractivity contribution in [2.24, 2.45) is 0 Å². The minimum Gasteiger partial charge on any atom is -0.392 e. The average Bonchev–Trinajstić information content (AvgIpc) is 2.58. The maximum absolute atomic E-state index is 11.8. The van der Waals surface area contributed by atoms with E-state index in [1.807, 2.05) is 6.92 Å². The molecular formula is C10H16ClNO3S2. The minimum absolute atomic E-state index is 0.0325. The highest BCUT2D eigenvalue weighted by molar-refractivity contribution is 7.91. The van der Waals surface area contributed by atoms with Gasteiger partial charge in [-0.3, -0.25) is 0 Å². The quantitative estimate of drug-likeness (QED) is 0.845. The van der Waals surface area contributed by atoms with Crippen LogP contribution in [0.4, 0.5) is 0 Å². The second-order valence-electron chi connectivity index (χ2n) is 3.82. The van der Waals surface area contributed by atoms with Crippen LogP contribution < -0.4 is 4.72 Å². The Labute approximate surface area is 111 Å². The lowest BCUT2D eigenvalue weighted by atomic mass is 10.2. The first-order valence-corrected chi connectivity index (χ1v) is 7.98. The van der Waals surface area contributed by atoms with Crippen molar-refractivity contribution >= 4 is 33.0 Å². The fourth-order valence-corrected chi connectivity index (χ4v) is 4.10. The molecule has 2 N–H and O–H groups in total. The summed E-state index contributed by atoms with van der Waals surface area (Å²) in [6, 6.07) is 1.53. The van der Waals surface area contributed by atoms with Gasteiger partial charge in [0.05, 0.1) is 10.4 Å². The van der Waals surface area contributed by atoms with E-state index in [1.54, 1.807) is 6.92 Å². The SMILES string of the molecule is CCCC(O)CNS(=O)(=O)c1cc(C)c(Cl)s1. The van der Waals surface area contributed by atoms with E-state index in [4.69, 9.17) is 11.6 Å². The van der Waals surface area contributed by atoms with E-state index in [0.717, 1.165) is 23.3 Å². The Morgan fingerprint density at radius 1 is 1.59 bits per heavy atom. The normalized spacial score (nSPS) is 13.9. The fraction of sp³-hybridized carbons (Fsp3) is 0.600. The second-order valence-corrected chi connectivity index (χ2v) is 7.46. The van der Waals surface area contributed by atoms with Gasteiger partial charge in [-0.05, 0) is 25.0 Å². The Balaban J connectivity index is 2.69. The van der Waals surface area contributed by atoms with Gasteiger partial charge in [0.25, 0.3) is 0 Å². The first-order chi connectivity index (χ1) is 7.86. The van der Waals surface area contributed by atoms with E-state index in [1.165, 1.54) is 6.07 Å². The number of thiophene rings is 1. The lowest BCUT2D eigenvalue weighted by molar-refractivity contribution is 0.167. The molecule has 0 fully saturated rings. The van der Waals surface area contributed by atoms with Crippen LogP contribution >= 0.6 is 22.9 Å². The zero-order valence-electron chi connectivity index (χ0n) is 9.73. The molecule has 1 atom stereocenters. The fourth-order valence-electron chi connectivity index (χ4n) is 1.28. The first-order valence-electron chi connectivity index (χ1n) is 5.30. The molecule has 1 aromatic rings. The molecule has 1 rings (SSSR count). The summed E-state index contributed by atoms with van der Waals surface area (Å²) in [5.41, 5.74) is 0.742. The van der Waals surface area contributed by atoms with E-state index in [2.05, 4.69) is 4.72 Å². The highest BCUT2D eigenvalue weighted by atomic mass is 35.5. The summed E-state index contributed by atoms with van der Waals surface area (Å²) in [7, 11) is -3.55. The van der Waals surface area contributed by atoms with Crippen molar-refractivity contribution in [1.82, 2.24) is 4.72 Å². The van der Waals surface area contributed by atoms with Crippen molar-refractivity contribution in [1.29, 1.82) is 0 Å². The van der Waals surface area contributed by atoms with Gasteiger partial charge in [-0.25, -0.2) is 13.1 Å². The van der Waals surface area contributed by atoms with Crippen LogP contribution in [0.2, 0.25) is 4.34 Å². The molecule has 1 heterocycles. The number of rotatable bonds is 6. The number of aryl methyl sites for hydroxylation is 1. The average molecular weight is 298 g/mol. The molecule has 0 saturated heterocycles. The number of halogens is 1. The number of hydrogen-bond acceptors (Lipinski definition) is 4. The summed E-state index contributed by atoms with van der Waals surface area (Å²) >= 11 is 6.84. The van der Waals surface area contributed by atoms with Crippen LogP contribution in [0.1, 0.15) is 25.3 Å². The number of aliphatic hydroxyl groups excluding tert-OH is 1. The summed E-state index contributed by atoms with van der Waals surface area (Å²) < 4.78 is 26.7. The van der Waals surface area contributed by atoms with Gasteiger partial charge in [0, 0.05) is 6.54 Å². The maximum Gasteiger partial charge on any atom is 0.250 e. The van der Waals surface area contributed by atoms with Crippen LogP contribution in [-0.2, 0) is 10.0 Å². The van der Waals surface area contributed by atoms with Crippen LogP contribution in [0.15, 0.2) is 10.3 Å². The van der Waals surface area contributed by atoms with Gasteiger partial charge >= 0.3 is 0 Å². The second kappa shape index (κ2) is 6.15. The molecule has 0 bridgehead atoms. The zero-order chi connectivity index (χ0) is 13.1. The van der Waals surface area contributed by atoms with Gasteiger partial charge in [-0.15, -0.1) is 11.3 Å². The number of nitrogens with one attached hydrogen (secondary N) is 1. The number of aliphatic hydroxyl groups is 1. The predicted molar refractivity (Wildman–Crippen MR) is 70.2 cm³/mol. The molecular weight excluding hydrogens is 282 g/mol. The molecule has 0 aliphatic rings. The topological polar surface area (TPSA) is 66.4 Å². The standard InChI is InChI=1S/C10H16ClNO3S2/c1-3-4-8(13)6-12-17(14,15)9-5-7(2)10(11)16-9/h5,8,12-13H,3-4,6H2,1-2H3. The molecule has 1 aromatic heterocycles. The van der Waals surface area contributed by atoms with Gasteiger partial charge in [-0.1, -0.05) is 24.9 Å². The van der Waals surface area contributed by atoms with Crippen molar-refractivity contribution < 1.29 is 13.5 Å². The third-order valence-corrected chi connectivity index (χ3v) is 5.68. The zero-order valence-corrected chi connectivity index (χ0v) is 12.1. The van der Waals surface area contributed by atoms with Crippen molar-refractivity contribution in [3.63, 3.8) is 0 Å². The highest BCUT2D eigenvalue weighted by Gasteiger charge is 2.19. The van der Waals surface area contributed by atoms with Gasteiger partial charge in [-0.2, -0.15) is 0 Å². The highest BCUT2D eigenvalue weighted by Crippen LogP contribution is 2.29. The van der Waals surface area contributed by atoms with Crippen LogP contribution in [0.25, 0.3) is 0 Å². The van der Waals surface area contributed by atoms with Gasteiger partial charge in [0.2, 0.25) is 10.0 Å². The Bertz CT molecular complexity index is 450. The van der Waals surface area contributed by atoms with Crippen molar-refractivity contribution in [3.05, 3.63) is 16.0 Å². The third kappa shape index (κ3) is 4.22. The Morgan fingerprint density at radius 2 is 2.24 bits per heavy atom. The molecule has 0 aliphatic carbocycles. The molecule has 4 nitrogen and oxygen atoms in total. The molecule has 0 spiro atoms. The monoisotopic (exact) mass is 297 g/mol. The summed E-state index contributed by atoms with van der Waals surface area (Å²) in [5.74, 6) is 0. The molecule has 17 heavy (non-hydrogen) atoms. The molecule has 98 valence electrons. The summed E-state index contributed by atoms with van der Waals surface area (Å²) in [6.45, 7) is 3.72. The lowest BCUT2D eigenvalue weighted by Crippen LogP contribution is -2.31. The van der Waals surface area contributed by atoms with E-state index in [9.17, 15) is 13.5 Å². The van der Waals surface area contributed by atoms with Crippen molar-refractivity contribution in [2.75, 3.05) is 6.54 Å². The third-order valence-electron chi connectivity index (χ3n) is 2.23. The van der Waals surface area contributed by atoms with E-state index < -0.39 is 16.1 Å². The Kier molecular flexibility index (Phi) is 5.40. The van der Waals surface area contributed by atoms with Crippen molar-refractivity contribution in [2.45, 2.75) is 37.0 Å². The lowest BCUT2D eigenvalue weighted by Gasteiger charge is -2.10. The van der Waals surface area contributed by atoms with Crippen molar-refractivity contribution in [3.8, 4) is 0 Å². The van der Waals surface area contributed by atoms with Crippen LogP contribution in [0.3, 0.4) is 0 Å². The van der Waals surface area contributed by atoms with E-state index in [-0.39, 0.29) is 10.8 Å². The summed E-state index contributed by atoms with van der Waals surface area (Å²) in [5, 5.41) is 9.47. The van der Waals surface area contributed by atoms with Crippen LogP contribution in [0, 0.1) is 6.92 Å². The summed E-state index contributed by atoms with van der Waals surface area (Å²) in [6.07, 6.45) is 0.742. The maximum atomic E-state index is 11.8. The Morgan fingerprint density at radius 3 is 2.71 bits per heavy atom. The molecule has 0 amide bonds. The van der Waals surface area contributed by atoms with E-state index >= 15 is 0 Å². The molecule has 0 aromatic carbocycles. The smallest absolute Gasteiger partial charge is 0.250 e. The van der Waals surface area contributed by atoms with Crippen LogP contribution in [-0.4, -0.2) is 26.2 Å². The largest absolute Gasteiger partial charge is 0.392 e. The molecule has 0 radical (unpaired) electrons. The molecule has 0 saturated carbocycles. The number of sulfonamides is 1. The summed E-state index contributed by atoms with van der Waals surface area (Å²) in [4.78, 5) is 0. The van der Waals surface area contributed by atoms with Crippen LogP contribution in [0.5, 0.6) is 0 Å². The molecule has 1 unspecified atom stereocenters. The molecule has 0 aliphatic heterocycles. The Hall–Kier alpha value is -0.140. The first kappa shape index (κ1) is 14.9. The van der Waals surface area contributed by atoms with Gasteiger partial charge in [0.15, 0.2) is 0 Å². The van der Waals surface area contributed by atoms with E-state index in [0.29, 0.717) is 10.8 Å². The van der Waals surface area contributed by atoms with Gasteiger partial charge < -0.3 is 5.11 Å². The molecule has 7 heteroatoms. The predicted octanol–water partition coefficient (Wildman–Crippen LogP) is 2.15.